The fourth-order valence-electron chi connectivity index (χ4n) is 2.38. The van der Waals surface area contributed by atoms with Crippen LogP contribution in [0, 0.1) is 12.8 Å². The highest BCUT2D eigenvalue weighted by Gasteiger charge is 2.30. The first-order chi connectivity index (χ1) is 8.54. The topological polar surface area (TPSA) is 46.3 Å². The molecule has 100 valence electrons. The molecular weight excluding hydrogens is 268 g/mol. The van der Waals surface area contributed by atoms with Crippen molar-refractivity contribution in [3.8, 4) is 0 Å². The summed E-state index contributed by atoms with van der Waals surface area (Å²) in [6, 6.07) is 0.222. The van der Waals surface area contributed by atoms with Gasteiger partial charge in [0.2, 0.25) is 0 Å². The summed E-state index contributed by atoms with van der Waals surface area (Å²) in [6.07, 6.45) is 1.90. The summed E-state index contributed by atoms with van der Waals surface area (Å²) < 4.78 is 0. The average Bonchev–Trinajstić information content (AvgIpc) is 2.70. The molecule has 1 aliphatic rings. The lowest BCUT2D eigenvalue weighted by Gasteiger charge is -2.36. The lowest BCUT2D eigenvalue weighted by Crippen LogP contribution is -2.48. The average molecular weight is 287 g/mol. The van der Waals surface area contributed by atoms with E-state index in [0.717, 1.165) is 31.5 Å². The number of carbonyl (C=O) groups excluding carboxylic acids is 1. The normalized spacial score (nSPS) is 24.3. The van der Waals surface area contributed by atoms with Crippen LogP contribution in [0.3, 0.4) is 0 Å². The second-order valence-electron chi connectivity index (χ2n) is 4.93. The van der Waals surface area contributed by atoms with Gasteiger partial charge in [-0.2, -0.15) is 0 Å². The van der Waals surface area contributed by atoms with Gasteiger partial charge in [0.1, 0.15) is 4.88 Å². The summed E-state index contributed by atoms with van der Waals surface area (Å²) in [5, 5.41) is 2.54. The van der Waals surface area contributed by atoms with E-state index in [4.69, 9.17) is 17.3 Å². The van der Waals surface area contributed by atoms with Gasteiger partial charge in [0, 0.05) is 19.1 Å². The maximum absolute atomic E-state index is 12.4. The second-order valence-corrected chi connectivity index (χ2v) is 6.19. The number of hydrogen-bond donors (Lipinski definition) is 1. The molecule has 1 aromatic rings. The summed E-state index contributed by atoms with van der Waals surface area (Å²) in [4.78, 5) is 15.0. The van der Waals surface area contributed by atoms with Crippen LogP contribution in [0.15, 0.2) is 5.38 Å². The van der Waals surface area contributed by atoms with Crippen LogP contribution in [0.5, 0.6) is 0 Å². The van der Waals surface area contributed by atoms with E-state index in [2.05, 4.69) is 6.92 Å². The molecule has 3 nitrogen and oxygen atoms in total. The number of carbonyl (C=O) groups is 1. The lowest BCUT2D eigenvalue weighted by atomic mass is 9.90. The van der Waals surface area contributed by atoms with Crippen LogP contribution in [-0.2, 0) is 0 Å². The number of halogens is 1. The van der Waals surface area contributed by atoms with Gasteiger partial charge in [-0.1, -0.05) is 24.9 Å². The third kappa shape index (κ3) is 2.56. The minimum atomic E-state index is 0.0588. The molecule has 5 heteroatoms. The predicted octanol–water partition coefficient (Wildman–Crippen LogP) is 2.91. The number of aryl methyl sites for hydroxylation is 1. The van der Waals surface area contributed by atoms with Crippen molar-refractivity contribution in [2.75, 3.05) is 13.1 Å². The molecule has 1 fully saturated rings. The summed E-state index contributed by atoms with van der Waals surface area (Å²) in [5.41, 5.74) is 7.04. The molecule has 18 heavy (non-hydrogen) atoms. The second kappa shape index (κ2) is 5.59. The van der Waals surface area contributed by atoms with Gasteiger partial charge in [-0.15, -0.1) is 11.3 Å². The van der Waals surface area contributed by atoms with Crippen LogP contribution >= 0.6 is 22.9 Å². The van der Waals surface area contributed by atoms with Crippen molar-refractivity contribution >= 4 is 28.8 Å². The molecule has 2 atom stereocenters. The minimum Gasteiger partial charge on any atom is -0.338 e. The maximum atomic E-state index is 12.4. The van der Waals surface area contributed by atoms with Crippen LogP contribution < -0.4 is 5.73 Å². The molecule has 2 unspecified atom stereocenters. The molecular formula is C13H19ClN2OS. The van der Waals surface area contributed by atoms with Crippen LogP contribution in [0.1, 0.15) is 35.0 Å². The molecule has 0 spiro atoms. The Balaban J connectivity index is 2.12. The third-order valence-corrected chi connectivity index (χ3v) is 5.38. The quantitative estimate of drug-likeness (QED) is 0.909. The van der Waals surface area contributed by atoms with Gasteiger partial charge in [0.25, 0.3) is 5.91 Å². The first-order valence-corrected chi connectivity index (χ1v) is 7.58. The first kappa shape index (κ1) is 13.8. The van der Waals surface area contributed by atoms with Crippen molar-refractivity contribution in [1.82, 2.24) is 4.90 Å². The van der Waals surface area contributed by atoms with Crippen LogP contribution in [-0.4, -0.2) is 29.9 Å². The van der Waals surface area contributed by atoms with E-state index in [9.17, 15) is 4.79 Å². The lowest BCUT2D eigenvalue weighted by molar-refractivity contribution is 0.0654. The fraction of sp³-hybridized carbons (Fsp3) is 0.615. The Kier molecular flexibility index (Phi) is 4.30. The zero-order valence-corrected chi connectivity index (χ0v) is 12.4. The highest BCUT2D eigenvalue weighted by atomic mass is 35.5. The molecule has 2 rings (SSSR count). The number of thiophene rings is 1. The van der Waals surface area contributed by atoms with E-state index in [1.807, 2.05) is 17.2 Å². The number of likely N-dealkylation sites (tertiary alicyclic amines) is 1. The number of nitrogens with two attached hydrogens (primary N) is 1. The zero-order chi connectivity index (χ0) is 13.3. The van der Waals surface area contributed by atoms with Crippen molar-refractivity contribution in [1.29, 1.82) is 0 Å². The first-order valence-electron chi connectivity index (χ1n) is 6.33. The Morgan fingerprint density at radius 2 is 2.39 bits per heavy atom. The highest BCUT2D eigenvalue weighted by molar-refractivity contribution is 7.13. The summed E-state index contributed by atoms with van der Waals surface area (Å²) in [7, 11) is 0. The molecule has 1 saturated heterocycles. The standard InChI is InChI=1S/C13H19ClN2OS/c1-3-9-6-16(5-4-10(9)15)13(17)12-11(14)8(2)7-18-12/h7,9-10H,3-6,15H2,1-2H3. The Labute approximate surface area is 117 Å². The summed E-state index contributed by atoms with van der Waals surface area (Å²) in [6.45, 7) is 5.55. The van der Waals surface area contributed by atoms with E-state index in [-0.39, 0.29) is 11.9 Å². The molecule has 1 aliphatic heterocycles. The van der Waals surface area contributed by atoms with Gasteiger partial charge >= 0.3 is 0 Å². The zero-order valence-electron chi connectivity index (χ0n) is 10.8. The van der Waals surface area contributed by atoms with Crippen molar-refractivity contribution in [3.63, 3.8) is 0 Å². The molecule has 0 radical (unpaired) electrons. The Morgan fingerprint density at radius 1 is 1.67 bits per heavy atom. The number of amides is 1. The van der Waals surface area contributed by atoms with Gasteiger partial charge in [-0.05, 0) is 30.2 Å². The Bertz CT molecular complexity index is 446. The molecule has 0 aliphatic carbocycles. The van der Waals surface area contributed by atoms with Gasteiger partial charge in [-0.25, -0.2) is 0 Å². The van der Waals surface area contributed by atoms with E-state index >= 15 is 0 Å². The SMILES string of the molecule is CCC1CN(C(=O)c2scc(C)c2Cl)CCC1N. The smallest absolute Gasteiger partial charge is 0.265 e. The molecule has 1 amide bonds. The number of rotatable bonds is 2. The van der Waals surface area contributed by atoms with Crippen molar-refractivity contribution in [2.45, 2.75) is 32.7 Å². The Morgan fingerprint density at radius 3 is 2.94 bits per heavy atom. The van der Waals surface area contributed by atoms with Crippen molar-refractivity contribution in [3.05, 3.63) is 20.8 Å². The van der Waals surface area contributed by atoms with Crippen molar-refractivity contribution < 1.29 is 4.79 Å². The van der Waals surface area contributed by atoms with Crippen molar-refractivity contribution in [2.24, 2.45) is 11.7 Å². The largest absolute Gasteiger partial charge is 0.338 e. The molecule has 2 heterocycles. The van der Waals surface area contributed by atoms with Crippen LogP contribution in [0.25, 0.3) is 0 Å². The van der Waals surface area contributed by atoms with Crippen LogP contribution in [0.2, 0.25) is 5.02 Å². The molecule has 2 N–H and O–H groups in total. The summed E-state index contributed by atoms with van der Waals surface area (Å²) >= 11 is 7.59. The van der Waals surface area contributed by atoms with Gasteiger partial charge in [0.15, 0.2) is 0 Å². The molecule has 0 aromatic carbocycles. The third-order valence-electron chi connectivity index (χ3n) is 3.70. The predicted molar refractivity (Wildman–Crippen MR) is 76.3 cm³/mol. The maximum Gasteiger partial charge on any atom is 0.265 e. The monoisotopic (exact) mass is 286 g/mol. The summed E-state index contributed by atoms with van der Waals surface area (Å²) in [5.74, 6) is 0.464. The van der Waals surface area contributed by atoms with Gasteiger partial charge in [-0.3, -0.25) is 4.79 Å². The van der Waals surface area contributed by atoms with E-state index in [0.29, 0.717) is 15.8 Å². The minimum absolute atomic E-state index is 0.0588. The van der Waals surface area contributed by atoms with Crippen LogP contribution in [0.4, 0.5) is 0 Å². The molecule has 0 saturated carbocycles. The Hall–Kier alpha value is -0.580. The number of hydrogen-bond acceptors (Lipinski definition) is 3. The van der Waals surface area contributed by atoms with Gasteiger partial charge < -0.3 is 10.6 Å². The molecule has 1 aromatic heterocycles. The number of piperidine rings is 1. The van der Waals surface area contributed by atoms with E-state index < -0.39 is 0 Å². The van der Waals surface area contributed by atoms with E-state index in [1.165, 1.54) is 11.3 Å². The molecule has 0 bridgehead atoms. The van der Waals surface area contributed by atoms with E-state index in [1.54, 1.807) is 0 Å². The number of nitrogens with zero attached hydrogens (tertiary/aromatic N) is 1. The van der Waals surface area contributed by atoms with Gasteiger partial charge in [0.05, 0.1) is 5.02 Å². The fourth-order valence-corrected chi connectivity index (χ4v) is 3.62. The highest BCUT2D eigenvalue weighted by Crippen LogP contribution is 2.30.